The Labute approximate surface area is 111 Å². The Kier molecular flexibility index (Phi) is 3.75. The maximum absolute atomic E-state index is 12.1. The lowest BCUT2D eigenvalue weighted by Gasteiger charge is -2.16. The third-order valence-corrected chi connectivity index (χ3v) is 2.70. The molecule has 19 heavy (non-hydrogen) atoms. The summed E-state index contributed by atoms with van der Waals surface area (Å²) in [6.07, 6.45) is 3.05. The maximum Gasteiger partial charge on any atom is 0.274 e. The molecule has 98 valence electrons. The molecule has 1 amide bonds. The molecule has 0 aliphatic heterocycles. The molecule has 2 rings (SSSR count). The molecular formula is C14H15N3O2. The van der Waals surface area contributed by atoms with Gasteiger partial charge in [0.25, 0.3) is 5.91 Å². The number of phenolic OH excluding ortho intramolecular Hbond substituents is 1. The van der Waals surface area contributed by atoms with Crippen molar-refractivity contribution in [3.63, 3.8) is 0 Å². The van der Waals surface area contributed by atoms with Crippen LogP contribution in [0, 0.1) is 6.92 Å². The molecule has 0 aliphatic carbocycles. The van der Waals surface area contributed by atoms with Crippen LogP contribution in [-0.2, 0) is 6.54 Å². The first-order chi connectivity index (χ1) is 9.06. The van der Waals surface area contributed by atoms with E-state index >= 15 is 0 Å². The number of rotatable bonds is 3. The summed E-state index contributed by atoms with van der Waals surface area (Å²) in [4.78, 5) is 21.8. The summed E-state index contributed by atoms with van der Waals surface area (Å²) in [5, 5.41) is 9.21. The van der Waals surface area contributed by atoms with Crippen molar-refractivity contribution in [1.29, 1.82) is 0 Å². The van der Waals surface area contributed by atoms with Gasteiger partial charge in [-0.1, -0.05) is 12.1 Å². The van der Waals surface area contributed by atoms with E-state index in [0.29, 0.717) is 12.2 Å². The van der Waals surface area contributed by atoms with Crippen molar-refractivity contribution in [2.45, 2.75) is 13.5 Å². The van der Waals surface area contributed by atoms with Crippen LogP contribution in [0.1, 0.15) is 21.7 Å². The van der Waals surface area contributed by atoms with E-state index in [1.807, 2.05) is 6.92 Å². The molecule has 0 saturated heterocycles. The fourth-order valence-electron chi connectivity index (χ4n) is 1.65. The van der Waals surface area contributed by atoms with Gasteiger partial charge in [0.2, 0.25) is 0 Å². The van der Waals surface area contributed by atoms with Crippen LogP contribution in [0.4, 0.5) is 0 Å². The standard InChI is InChI=1S/C14H15N3O2/c1-10-7-16-13(8-15-10)14(19)17(2)9-11-3-5-12(18)6-4-11/h3-8,18H,9H2,1-2H3. The zero-order valence-electron chi connectivity index (χ0n) is 10.9. The minimum absolute atomic E-state index is 0.180. The number of aromatic nitrogens is 2. The number of carbonyl (C=O) groups excluding carboxylic acids is 1. The topological polar surface area (TPSA) is 66.3 Å². The highest BCUT2D eigenvalue weighted by molar-refractivity contribution is 5.91. The Bertz CT molecular complexity index is 564. The third kappa shape index (κ3) is 3.28. The molecule has 2 aromatic rings. The van der Waals surface area contributed by atoms with Gasteiger partial charge in [-0.25, -0.2) is 4.98 Å². The summed E-state index contributed by atoms with van der Waals surface area (Å²) in [5.74, 6) is 0.0303. The van der Waals surface area contributed by atoms with E-state index in [1.54, 1.807) is 42.4 Å². The van der Waals surface area contributed by atoms with Crippen LogP contribution in [0.5, 0.6) is 5.75 Å². The van der Waals surface area contributed by atoms with E-state index < -0.39 is 0 Å². The molecule has 1 heterocycles. The average Bonchev–Trinajstić information content (AvgIpc) is 2.41. The SMILES string of the molecule is Cc1cnc(C(=O)N(C)Cc2ccc(O)cc2)cn1. The molecule has 5 heteroatoms. The van der Waals surface area contributed by atoms with Crippen LogP contribution < -0.4 is 0 Å². The first-order valence-electron chi connectivity index (χ1n) is 5.88. The van der Waals surface area contributed by atoms with Crippen LogP contribution in [0.15, 0.2) is 36.7 Å². The van der Waals surface area contributed by atoms with Crippen LogP contribution in [0.3, 0.4) is 0 Å². The predicted octanol–water partition coefficient (Wildman–Crippen LogP) is 1.76. The maximum atomic E-state index is 12.1. The first kappa shape index (κ1) is 13.0. The molecule has 0 unspecified atom stereocenters. The summed E-state index contributed by atoms with van der Waals surface area (Å²) in [6, 6.07) is 6.75. The van der Waals surface area contributed by atoms with Gasteiger partial charge in [-0.15, -0.1) is 0 Å². The van der Waals surface area contributed by atoms with Gasteiger partial charge in [0.05, 0.1) is 11.9 Å². The van der Waals surface area contributed by atoms with Crippen molar-refractivity contribution in [3.8, 4) is 5.75 Å². The number of aryl methyl sites for hydroxylation is 1. The highest BCUT2D eigenvalue weighted by atomic mass is 16.3. The summed E-state index contributed by atoms with van der Waals surface area (Å²) in [7, 11) is 1.71. The number of nitrogens with zero attached hydrogens (tertiary/aromatic N) is 3. The fourth-order valence-corrected chi connectivity index (χ4v) is 1.65. The molecule has 0 aliphatic rings. The number of hydrogen-bond acceptors (Lipinski definition) is 4. The summed E-state index contributed by atoms with van der Waals surface area (Å²) in [5.41, 5.74) is 2.04. The van der Waals surface area contributed by atoms with Crippen LogP contribution in [0.25, 0.3) is 0 Å². The monoisotopic (exact) mass is 257 g/mol. The van der Waals surface area contributed by atoms with Crippen molar-refractivity contribution in [3.05, 3.63) is 53.6 Å². The summed E-state index contributed by atoms with van der Waals surface area (Å²) in [6.45, 7) is 2.27. The van der Waals surface area contributed by atoms with Gasteiger partial charge in [0, 0.05) is 19.8 Å². The smallest absolute Gasteiger partial charge is 0.274 e. The van der Waals surface area contributed by atoms with Gasteiger partial charge in [-0.05, 0) is 24.6 Å². The van der Waals surface area contributed by atoms with Gasteiger partial charge in [0.1, 0.15) is 11.4 Å². The van der Waals surface area contributed by atoms with Gasteiger partial charge in [-0.2, -0.15) is 0 Å². The van der Waals surface area contributed by atoms with E-state index in [9.17, 15) is 9.90 Å². The first-order valence-corrected chi connectivity index (χ1v) is 5.88. The molecule has 0 atom stereocenters. The largest absolute Gasteiger partial charge is 0.508 e. The third-order valence-electron chi connectivity index (χ3n) is 2.70. The number of carbonyl (C=O) groups is 1. The molecule has 1 aromatic heterocycles. The number of hydrogen-bond donors (Lipinski definition) is 1. The van der Waals surface area contributed by atoms with Crippen molar-refractivity contribution < 1.29 is 9.90 Å². The lowest BCUT2D eigenvalue weighted by Crippen LogP contribution is -2.27. The average molecular weight is 257 g/mol. The van der Waals surface area contributed by atoms with Crippen LogP contribution in [-0.4, -0.2) is 32.9 Å². The van der Waals surface area contributed by atoms with E-state index in [-0.39, 0.29) is 11.7 Å². The highest BCUT2D eigenvalue weighted by Crippen LogP contribution is 2.12. The zero-order chi connectivity index (χ0) is 13.8. The second-order valence-corrected chi connectivity index (χ2v) is 4.37. The van der Waals surface area contributed by atoms with Crippen molar-refractivity contribution in [2.24, 2.45) is 0 Å². The predicted molar refractivity (Wildman–Crippen MR) is 70.7 cm³/mol. The quantitative estimate of drug-likeness (QED) is 0.910. The lowest BCUT2D eigenvalue weighted by atomic mass is 10.2. The van der Waals surface area contributed by atoms with Gasteiger partial charge in [0.15, 0.2) is 0 Å². The zero-order valence-corrected chi connectivity index (χ0v) is 10.9. The molecule has 0 spiro atoms. The number of aromatic hydroxyl groups is 1. The number of benzene rings is 1. The van der Waals surface area contributed by atoms with Crippen molar-refractivity contribution in [2.75, 3.05) is 7.05 Å². The van der Waals surface area contributed by atoms with Crippen molar-refractivity contribution in [1.82, 2.24) is 14.9 Å². The molecule has 0 bridgehead atoms. The molecular weight excluding hydrogens is 242 g/mol. The second kappa shape index (κ2) is 5.48. The molecule has 0 fully saturated rings. The number of phenols is 1. The molecule has 0 radical (unpaired) electrons. The molecule has 1 N–H and O–H groups in total. The second-order valence-electron chi connectivity index (χ2n) is 4.37. The van der Waals surface area contributed by atoms with E-state index in [0.717, 1.165) is 11.3 Å². The molecule has 5 nitrogen and oxygen atoms in total. The lowest BCUT2D eigenvalue weighted by molar-refractivity contribution is 0.0779. The fraction of sp³-hybridized carbons (Fsp3) is 0.214. The van der Waals surface area contributed by atoms with Gasteiger partial charge in [-0.3, -0.25) is 9.78 Å². The van der Waals surface area contributed by atoms with E-state index in [4.69, 9.17) is 0 Å². The Morgan fingerprint density at radius 3 is 2.47 bits per heavy atom. The minimum Gasteiger partial charge on any atom is -0.508 e. The molecule has 1 aromatic carbocycles. The van der Waals surface area contributed by atoms with E-state index in [1.165, 1.54) is 6.20 Å². The Morgan fingerprint density at radius 1 is 1.21 bits per heavy atom. The summed E-state index contributed by atoms with van der Waals surface area (Å²) < 4.78 is 0. The Hall–Kier alpha value is -2.43. The van der Waals surface area contributed by atoms with Gasteiger partial charge < -0.3 is 10.0 Å². The highest BCUT2D eigenvalue weighted by Gasteiger charge is 2.13. The summed E-state index contributed by atoms with van der Waals surface area (Å²) >= 11 is 0. The van der Waals surface area contributed by atoms with Gasteiger partial charge >= 0.3 is 0 Å². The van der Waals surface area contributed by atoms with Crippen LogP contribution in [0.2, 0.25) is 0 Å². The normalized spacial score (nSPS) is 10.2. The van der Waals surface area contributed by atoms with E-state index in [2.05, 4.69) is 9.97 Å². The minimum atomic E-state index is -0.180. The Morgan fingerprint density at radius 2 is 1.89 bits per heavy atom. The molecule has 0 saturated carbocycles. The van der Waals surface area contributed by atoms with Crippen molar-refractivity contribution >= 4 is 5.91 Å². The Balaban J connectivity index is 2.07. The van der Waals surface area contributed by atoms with Crippen LogP contribution >= 0.6 is 0 Å². The number of amides is 1.